The van der Waals surface area contributed by atoms with Crippen LogP contribution >= 0.6 is 11.6 Å². The van der Waals surface area contributed by atoms with E-state index in [1.807, 2.05) is 25.7 Å². The molecule has 2 heterocycles. The fourth-order valence-corrected chi connectivity index (χ4v) is 2.65. The molecule has 0 radical (unpaired) electrons. The maximum Gasteiger partial charge on any atom is 0.242 e. The minimum absolute atomic E-state index is 0.0123. The highest BCUT2D eigenvalue weighted by molar-refractivity contribution is 6.30. The third-order valence-corrected chi connectivity index (χ3v) is 4.25. The number of aromatic nitrogens is 1. The highest BCUT2D eigenvalue weighted by Crippen LogP contribution is 2.13. The number of carbonyl (C=O) groups excluding carboxylic acids is 2. The molecule has 2 amide bonds. The predicted molar refractivity (Wildman–Crippen MR) is 90.3 cm³/mol. The van der Waals surface area contributed by atoms with E-state index in [1.54, 1.807) is 12.1 Å². The van der Waals surface area contributed by atoms with Crippen molar-refractivity contribution in [3.05, 3.63) is 23.4 Å². The van der Waals surface area contributed by atoms with E-state index < -0.39 is 0 Å². The van der Waals surface area contributed by atoms with Crippen LogP contribution < -0.4 is 5.32 Å². The van der Waals surface area contributed by atoms with Crippen molar-refractivity contribution in [2.45, 2.75) is 26.8 Å². The molecule has 1 aliphatic heterocycles. The Balaban J connectivity index is 1.86. The van der Waals surface area contributed by atoms with E-state index in [4.69, 9.17) is 11.6 Å². The van der Waals surface area contributed by atoms with Gasteiger partial charge in [-0.3, -0.25) is 14.5 Å². The van der Waals surface area contributed by atoms with Gasteiger partial charge in [-0.25, -0.2) is 4.98 Å². The van der Waals surface area contributed by atoms with Crippen molar-refractivity contribution in [2.75, 3.05) is 31.5 Å². The van der Waals surface area contributed by atoms with Crippen molar-refractivity contribution in [3.63, 3.8) is 0 Å². The van der Waals surface area contributed by atoms with Crippen LogP contribution in [0.2, 0.25) is 5.02 Å². The summed E-state index contributed by atoms with van der Waals surface area (Å²) in [7, 11) is 0. The van der Waals surface area contributed by atoms with E-state index in [2.05, 4.69) is 15.2 Å². The summed E-state index contributed by atoms with van der Waals surface area (Å²) in [5, 5.41) is 3.32. The number of amides is 2. The van der Waals surface area contributed by atoms with Crippen molar-refractivity contribution < 1.29 is 9.59 Å². The molecule has 1 saturated heterocycles. The van der Waals surface area contributed by atoms with Crippen molar-refractivity contribution in [2.24, 2.45) is 5.92 Å². The Morgan fingerprint density at radius 1 is 1.17 bits per heavy atom. The third kappa shape index (κ3) is 4.65. The van der Waals surface area contributed by atoms with Gasteiger partial charge in [-0.1, -0.05) is 25.4 Å². The molecule has 7 heteroatoms. The molecule has 6 nitrogen and oxygen atoms in total. The van der Waals surface area contributed by atoms with Crippen LogP contribution in [0.1, 0.15) is 20.8 Å². The molecule has 1 aromatic heterocycles. The number of halogens is 1. The summed E-state index contributed by atoms with van der Waals surface area (Å²) < 4.78 is 0. The van der Waals surface area contributed by atoms with E-state index in [1.165, 1.54) is 6.20 Å². The van der Waals surface area contributed by atoms with E-state index >= 15 is 0 Å². The van der Waals surface area contributed by atoms with Gasteiger partial charge in [0.05, 0.1) is 11.1 Å². The number of nitrogens with one attached hydrogen (secondary N) is 1. The SMILES string of the molecule is CC(C)C(=O)N1CCN(C(C)C(=O)Nc2ccc(Cl)cn2)CC1. The highest BCUT2D eigenvalue weighted by Gasteiger charge is 2.28. The maximum absolute atomic E-state index is 12.3. The van der Waals surface area contributed by atoms with E-state index in [-0.39, 0.29) is 23.8 Å². The van der Waals surface area contributed by atoms with Crippen LogP contribution in [0.25, 0.3) is 0 Å². The molecule has 1 aliphatic rings. The molecule has 0 bridgehead atoms. The quantitative estimate of drug-likeness (QED) is 0.910. The molecule has 23 heavy (non-hydrogen) atoms. The number of hydrogen-bond donors (Lipinski definition) is 1. The van der Waals surface area contributed by atoms with Crippen molar-refractivity contribution in [3.8, 4) is 0 Å². The minimum Gasteiger partial charge on any atom is -0.340 e. The Hall–Kier alpha value is -1.66. The average Bonchev–Trinajstić information content (AvgIpc) is 2.55. The lowest BCUT2D eigenvalue weighted by atomic mass is 10.1. The Kier molecular flexibility index (Phi) is 5.96. The summed E-state index contributed by atoms with van der Waals surface area (Å²) in [6.45, 7) is 8.39. The number of carbonyl (C=O) groups is 2. The zero-order valence-corrected chi connectivity index (χ0v) is 14.5. The highest BCUT2D eigenvalue weighted by atomic mass is 35.5. The van der Waals surface area contributed by atoms with Crippen LogP contribution in [-0.2, 0) is 9.59 Å². The molecule has 0 aliphatic carbocycles. The lowest BCUT2D eigenvalue weighted by Crippen LogP contribution is -2.54. The minimum atomic E-state index is -0.274. The van der Waals surface area contributed by atoms with Gasteiger partial charge in [-0.05, 0) is 19.1 Å². The van der Waals surface area contributed by atoms with Gasteiger partial charge in [0, 0.05) is 38.3 Å². The first kappa shape index (κ1) is 17.7. The number of pyridine rings is 1. The number of rotatable bonds is 4. The van der Waals surface area contributed by atoms with Crippen LogP contribution in [0.5, 0.6) is 0 Å². The van der Waals surface area contributed by atoms with Crippen LogP contribution in [-0.4, -0.2) is 58.8 Å². The first-order valence-corrected chi connectivity index (χ1v) is 8.21. The van der Waals surface area contributed by atoms with Gasteiger partial charge in [0.25, 0.3) is 0 Å². The zero-order chi connectivity index (χ0) is 17.0. The van der Waals surface area contributed by atoms with Gasteiger partial charge in [-0.2, -0.15) is 0 Å². The molecule has 1 unspecified atom stereocenters. The molecule has 2 rings (SSSR count). The predicted octanol–water partition coefficient (Wildman–Crippen LogP) is 1.86. The number of nitrogens with zero attached hydrogens (tertiary/aromatic N) is 3. The Morgan fingerprint density at radius 3 is 2.35 bits per heavy atom. The molecular formula is C16H23ClN4O2. The van der Waals surface area contributed by atoms with Crippen LogP contribution in [0.4, 0.5) is 5.82 Å². The first-order chi connectivity index (χ1) is 10.9. The fourth-order valence-electron chi connectivity index (χ4n) is 2.54. The van der Waals surface area contributed by atoms with Crippen molar-refractivity contribution in [1.82, 2.24) is 14.8 Å². The van der Waals surface area contributed by atoms with Crippen LogP contribution in [0.3, 0.4) is 0 Å². The van der Waals surface area contributed by atoms with Crippen molar-refractivity contribution in [1.29, 1.82) is 0 Å². The fraction of sp³-hybridized carbons (Fsp3) is 0.562. The summed E-state index contributed by atoms with van der Waals surface area (Å²) in [5.74, 6) is 0.564. The molecule has 1 atom stereocenters. The maximum atomic E-state index is 12.3. The molecule has 0 spiro atoms. The van der Waals surface area contributed by atoms with Gasteiger partial charge >= 0.3 is 0 Å². The summed E-state index contributed by atoms with van der Waals surface area (Å²) in [5.41, 5.74) is 0. The molecule has 0 saturated carbocycles. The number of piperazine rings is 1. The monoisotopic (exact) mass is 338 g/mol. The standard InChI is InChI=1S/C16H23ClN4O2/c1-11(2)16(23)21-8-6-20(7-9-21)12(3)15(22)19-14-5-4-13(17)10-18-14/h4-5,10-12H,6-9H2,1-3H3,(H,18,19,22). The lowest BCUT2D eigenvalue weighted by Gasteiger charge is -2.38. The van der Waals surface area contributed by atoms with E-state index in [9.17, 15) is 9.59 Å². The van der Waals surface area contributed by atoms with Gasteiger partial charge in [0.15, 0.2) is 0 Å². The van der Waals surface area contributed by atoms with Gasteiger partial charge < -0.3 is 10.2 Å². The average molecular weight is 339 g/mol. The van der Waals surface area contributed by atoms with E-state index in [0.717, 1.165) is 0 Å². The van der Waals surface area contributed by atoms with E-state index in [0.29, 0.717) is 37.0 Å². The summed E-state index contributed by atoms with van der Waals surface area (Å²) in [6, 6.07) is 3.08. The number of anilines is 1. The molecule has 1 N–H and O–H groups in total. The Labute approximate surface area is 141 Å². The van der Waals surface area contributed by atoms with Crippen LogP contribution in [0, 0.1) is 5.92 Å². The van der Waals surface area contributed by atoms with Crippen LogP contribution in [0.15, 0.2) is 18.3 Å². The third-order valence-electron chi connectivity index (χ3n) is 4.03. The molecule has 1 aromatic rings. The normalized spacial score (nSPS) is 17.2. The molecule has 0 aromatic carbocycles. The molecular weight excluding hydrogens is 316 g/mol. The first-order valence-electron chi connectivity index (χ1n) is 7.83. The Bertz CT molecular complexity index is 554. The Morgan fingerprint density at radius 2 is 1.83 bits per heavy atom. The largest absolute Gasteiger partial charge is 0.340 e. The second kappa shape index (κ2) is 7.75. The zero-order valence-electron chi connectivity index (χ0n) is 13.8. The summed E-state index contributed by atoms with van der Waals surface area (Å²) in [6.07, 6.45) is 1.50. The van der Waals surface area contributed by atoms with Gasteiger partial charge in [-0.15, -0.1) is 0 Å². The second-order valence-electron chi connectivity index (χ2n) is 6.04. The molecule has 1 fully saturated rings. The number of hydrogen-bond acceptors (Lipinski definition) is 4. The lowest BCUT2D eigenvalue weighted by molar-refractivity contribution is -0.136. The summed E-state index contributed by atoms with van der Waals surface area (Å²) in [4.78, 5) is 32.3. The van der Waals surface area contributed by atoms with Crippen molar-refractivity contribution >= 4 is 29.2 Å². The second-order valence-corrected chi connectivity index (χ2v) is 6.48. The van der Waals surface area contributed by atoms with Gasteiger partial charge in [0.1, 0.15) is 5.82 Å². The van der Waals surface area contributed by atoms with Gasteiger partial charge in [0.2, 0.25) is 11.8 Å². The smallest absolute Gasteiger partial charge is 0.242 e. The summed E-state index contributed by atoms with van der Waals surface area (Å²) >= 11 is 5.78. The topological polar surface area (TPSA) is 65.5 Å². The molecule has 126 valence electrons.